The van der Waals surface area contributed by atoms with Gasteiger partial charge in [0.05, 0.1) is 13.0 Å². The van der Waals surface area contributed by atoms with Gasteiger partial charge in [0, 0.05) is 13.0 Å². The number of aliphatic carboxylic acids is 1. The summed E-state index contributed by atoms with van der Waals surface area (Å²) in [5, 5.41) is 12.2. The van der Waals surface area contributed by atoms with Crippen molar-refractivity contribution in [3.63, 3.8) is 0 Å². The van der Waals surface area contributed by atoms with E-state index in [2.05, 4.69) is 23.5 Å². The second kappa shape index (κ2) is 9.76. The highest BCUT2D eigenvalue weighted by molar-refractivity contribution is 5.77. The molecule has 1 amide bonds. The molecular weight excluding hydrogens is 342 g/mol. The van der Waals surface area contributed by atoms with Gasteiger partial charge in [0.15, 0.2) is 0 Å². The number of ether oxygens (including phenoxy) is 1. The number of methoxy groups -OCH3 is 1. The molecule has 144 valence electrons. The maximum Gasteiger partial charge on any atom is 0.308 e. The second-order valence-electron chi connectivity index (χ2n) is 6.85. The van der Waals surface area contributed by atoms with E-state index in [1.54, 1.807) is 13.2 Å². The van der Waals surface area contributed by atoms with Gasteiger partial charge in [-0.3, -0.25) is 9.59 Å². The van der Waals surface area contributed by atoms with E-state index >= 15 is 0 Å². The van der Waals surface area contributed by atoms with Gasteiger partial charge in [-0.2, -0.15) is 0 Å². The summed E-state index contributed by atoms with van der Waals surface area (Å²) in [7, 11) is 1.56. The van der Waals surface area contributed by atoms with Crippen molar-refractivity contribution in [2.75, 3.05) is 13.7 Å². The number of hydrogen-bond donors (Lipinski definition) is 2. The summed E-state index contributed by atoms with van der Waals surface area (Å²) >= 11 is 0. The van der Waals surface area contributed by atoms with Crippen LogP contribution in [0, 0.1) is 19.8 Å². The fourth-order valence-corrected chi connectivity index (χ4v) is 3.18. The van der Waals surface area contributed by atoms with Crippen LogP contribution in [0.3, 0.4) is 0 Å². The highest BCUT2D eigenvalue weighted by Gasteiger charge is 2.20. The van der Waals surface area contributed by atoms with Crippen molar-refractivity contribution in [1.82, 2.24) is 5.32 Å². The summed E-state index contributed by atoms with van der Waals surface area (Å²) in [4.78, 5) is 23.7. The predicted octanol–water partition coefficient (Wildman–Crippen LogP) is 3.30. The van der Waals surface area contributed by atoms with Crippen LogP contribution in [-0.2, 0) is 22.4 Å². The molecule has 5 nitrogen and oxygen atoms in total. The molecule has 0 fully saturated rings. The number of carbonyl (C=O) groups is 2. The van der Waals surface area contributed by atoms with Gasteiger partial charge in [0.2, 0.25) is 5.91 Å². The van der Waals surface area contributed by atoms with E-state index in [0.717, 1.165) is 11.1 Å². The lowest BCUT2D eigenvalue weighted by Crippen LogP contribution is -2.34. The predicted molar refractivity (Wildman–Crippen MR) is 105 cm³/mol. The molecule has 0 aliphatic rings. The SMILES string of the molecule is COc1ccccc1CC(CNC(=O)CCc1cc(C)cc(C)c1)C(=O)O. The van der Waals surface area contributed by atoms with Crippen LogP contribution in [0.15, 0.2) is 42.5 Å². The topological polar surface area (TPSA) is 75.6 Å². The van der Waals surface area contributed by atoms with Crippen molar-refractivity contribution < 1.29 is 19.4 Å². The molecule has 27 heavy (non-hydrogen) atoms. The van der Waals surface area contributed by atoms with Crippen molar-refractivity contribution in [2.24, 2.45) is 5.92 Å². The Balaban J connectivity index is 1.89. The first kappa shape index (κ1) is 20.5. The number of nitrogens with one attached hydrogen (secondary N) is 1. The summed E-state index contributed by atoms with van der Waals surface area (Å²) < 4.78 is 5.28. The van der Waals surface area contributed by atoms with Crippen molar-refractivity contribution >= 4 is 11.9 Å². The fourth-order valence-electron chi connectivity index (χ4n) is 3.18. The zero-order valence-corrected chi connectivity index (χ0v) is 16.1. The molecule has 1 atom stereocenters. The van der Waals surface area contributed by atoms with Crippen LogP contribution in [0.2, 0.25) is 0 Å². The van der Waals surface area contributed by atoms with Crippen molar-refractivity contribution in [3.8, 4) is 5.75 Å². The third-order valence-corrected chi connectivity index (χ3v) is 4.48. The van der Waals surface area contributed by atoms with Crippen molar-refractivity contribution in [3.05, 3.63) is 64.7 Å². The van der Waals surface area contributed by atoms with Crippen LogP contribution in [0.1, 0.15) is 28.7 Å². The molecule has 2 N–H and O–H groups in total. The van der Waals surface area contributed by atoms with Gasteiger partial charge < -0.3 is 15.2 Å². The van der Waals surface area contributed by atoms with Crippen LogP contribution in [-0.4, -0.2) is 30.6 Å². The summed E-state index contributed by atoms with van der Waals surface area (Å²) in [6, 6.07) is 13.6. The number of para-hydroxylation sites is 1. The van der Waals surface area contributed by atoms with Gasteiger partial charge in [0.1, 0.15) is 5.75 Å². The van der Waals surface area contributed by atoms with Crippen molar-refractivity contribution in [1.29, 1.82) is 0 Å². The minimum Gasteiger partial charge on any atom is -0.496 e. The minimum absolute atomic E-state index is 0.0963. The maximum atomic E-state index is 12.2. The molecule has 0 saturated carbocycles. The molecule has 0 spiro atoms. The van der Waals surface area contributed by atoms with Gasteiger partial charge >= 0.3 is 5.97 Å². The van der Waals surface area contributed by atoms with E-state index in [1.807, 2.05) is 32.0 Å². The third kappa shape index (κ3) is 6.44. The zero-order chi connectivity index (χ0) is 19.8. The van der Waals surface area contributed by atoms with E-state index in [-0.39, 0.29) is 12.5 Å². The molecule has 0 radical (unpaired) electrons. The number of benzene rings is 2. The Morgan fingerprint density at radius 1 is 1.11 bits per heavy atom. The second-order valence-corrected chi connectivity index (χ2v) is 6.85. The Bertz CT molecular complexity index is 780. The molecule has 0 saturated heterocycles. The van der Waals surface area contributed by atoms with Gasteiger partial charge in [0.25, 0.3) is 0 Å². The Morgan fingerprint density at radius 2 is 1.78 bits per heavy atom. The average Bonchev–Trinajstić information content (AvgIpc) is 2.62. The van der Waals surface area contributed by atoms with Crippen LogP contribution < -0.4 is 10.1 Å². The standard InChI is InChI=1S/C22H27NO4/c1-15-10-16(2)12-17(11-15)8-9-21(24)23-14-19(22(25)26)13-18-6-4-5-7-20(18)27-3/h4-7,10-12,19H,8-9,13-14H2,1-3H3,(H,23,24)(H,25,26). The number of aryl methyl sites for hydroxylation is 3. The quantitative estimate of drug-likeness (QED) is 0.711. The lowest BCUT2D eigenvalue weighted by atomic mass is 9.98. The first-order valence-electron chi connectivity index (χ1n) is 9.07. The van der Waals surface area contributed by atoms with Crippen LogP contribution in [0.4, 0.5) is 0 Å². The van der Waals surface area contributed by atoms with E-state index in [9.17, 15) is 14.7 Å². The highest BCUT2D eigenvalue weighted by Crippen LogP contribution is 2.21. The summed E-state index contributed by atoms with van der Waals surface area (Å²) in [5.74, 6) is -1.12. The number of carbonyl (C=O) groups excluding carboxylic acids is 1. The Kier molecular flexibility index (Phi) is 7.41. The lowest BCUT2D eigenvalue weighted by Gasteiger charge is -2.15. The monoisotopic (exact) mass is 369 g/mol. The molecule has 5 heteroatoms. The minimum atomic E-state index is -0.935. The normalized spacial score (nSPS) is 11.7. The molecule has 0 aliphatic carbocycles. The number of hydrogen-bond acceptors (Lipinski definition) is 3. The Hall–Kier alpha value is -2.82. The number of rotatable bonds is 9. The van der Waals surface area contributed by atoms with E-state index in [4.69, 9.17) is 4.74 Å². The van der Waals surface area contributed by atoms with Crippen molar-refractivity contribution in [2.45, 2.75) is 33.1 Å². The summed E-state index contributed by atoms with van der Waals surface area (Å²) in [6.07, 6.45) is 1.28. The van der Waals surface area contributed by atoms with Crippen LogP contribution in [0.5, 0.6) is 5.75 Å². The fraction of sp³-hybridized carbons (Fsp3) is 0.364. The third-order valence-electron chi connectivity index (χ3n) is 4.48. The van der Waals surface area contributed by atoms with Gasteiger partial charge in [-0.1, -0.05) is 47.5 Å². The van der Waals surface area contributed by atoms with Gasteiger partial charge in [-0.25, -0.2) is 0 Å². The number of carboxylic acid groups (broad SMARTS) is 1. The molecule has 1 unspecified atom stereocenters. The van der Waals surface area contributed by atoms with E-state index < -0.39 is 11.9 Å². The molecule has 0 aromatic heterocycles. The zero-order valence-electron chi connectivity index (χ0n) is 16.1. The van der Waals surface area contributed by atoms with Crippen LogP contribution >= 0.6 is 0 Å². The summed E-state index contributed by atoms with van der Waals surface area (Å²) in [5.41, 5.74) is 4.28. The van der Waals surface area contributed by atoms with Gasteiger partial charge in [-0.15, -0.1) is 0 Å². The average molecular weight is 369 g/mol. The molecule has 0 aliphatic heterocycles. The highest BCUT2D eigenvalue weighted by atomic mass is 16.5. The molecular formula is C22H27NO4. The van der Waals surface area contributed by atoms with Crippen LogP contribution in [0.25, 0.3) is 0 Å². The lowest BCUT2D eigenvalue weighted by molar-refractivity contribution is -0.141. The Morgan fingerprint density at radius 3 is 2.41 bits per heavy atom. The molecule has 2 aromatic rings. The first-order valence-corrected chi connectivity index (χ1v) is 9.07. The molecule has 0 heterocycles. The molecule has 2 rings (SSSR count). The largest absolute Gasteiger partial charge is 0.496 e. The first-order chi connectivity index (χ1) is 12.9. The molecule has 2 aromatic carbocycles. The Labute approximate surface area is 160 Å². The van der Waals surface area contributed by atoms with E-state index in [0.29, 0.717) is 25.0 Å². The smallest absolute Gasteiger partial charge is 0.308 e. The number of carboxylic acids is 1. The molecule has 0 bridgehead atoms. The maximum absolute atomic E-state index is 12.2. The number of amides is 1. The summed E-state index contributed by atoms with van der Waals surface area (Å²) in [6.45, 7) is 4.16. The van der Waals surface area contributed by atoms with E-state index in [1.165, 1.54) is 11.1 Å². The van der Waals surface area contributed by atoms with Gasteiger partial charge in [-0.05, 0) is 43.9 Å².